The van der Waals surface area contributed by atoms with E-state index >= 15 is 0 Å². The standard InChI is InChI=1S/C12H18.C2H6.CH3.K/c1-8(2)12-10(4)6-9(3)7-11(12)5;1-2;;/h6-8H,1-5H3;1-2H3;1H3;/q;;-1;+1. The van der Waals surface area contributed by atoms with Gasteiger partial charge < -0.3 is 7.43 Å². The molecular formula is C15H27K. The fraction of sp³-hybridized carbons (Fsp3) is 0.533. The molecule has 0 aromatic heterocycles. The van der Waals surface area contributed by atoms with E-state index in [0.717, 1.165) is 0 Å². The Labute approximate surface area is 146 Å². The average Bonchev–Trinajstić information content (AvgIpc) is 2.04. The summed E-state index contributed by atoms with van der Waals surface area (Å²) in [4.78, 5) is 0. The molecule has 0 bridgehead atoms. The zero-order valence-electron chi connectivity index (χ0n) is 12.7. The fourth-order valence-corrected chi connectivity index (χ4v) is 2.10. The predicted octanol–water partition coefficient (Wildman–Crippen LogP) is 2.22. The van der Waals surface area contributed by atoms with Crippen molar-refractivity contribution in [3.8, 4) is 0 Å². The molecule has 88 valence electrons. The molecule has 0 spiro atoms. The molecule has 0 heterocycles. The summed E-state index contributed by atoms with van der Waals surface area (Å²) in [6, 6.07) is 4.53. The third-order valence-corrected chi connectivity index (χ3v) is 2.32. The van der Waals surface area contributed by atoms with Gasteiger partial charge in [-0.1, -0.05) is 45.4 Å². The summed E-state index contributed by atoms with van der Waals surface area (Å²) in [5.41, 5.74) is 5.75. The van der Waals surface area contributed by atoms with Gasteiger partial charge in [0.2, 0.25) is 0 Å². The largest absolute Gasteiger partial charge is 1.00 e. The van der Waals surface area contributed by atoms with Gasteiger partial charge in [0, 0.05) is 0 Å². The van der Waals surface area contributed by atoms with Crippen molar-refractivity contribution >= 4 is 0 Å². The smallest absolute Gasteiger partial charge is 0.358 e. The van der Waals surface area contributed by atoms with Crippen molar-refractivity contribution in [3.05, 3.63) is 41.8 Å². The topological polar surface area (TPSA) is 0 Å². The maximum atomic E-state index is 2.27. The molecule has 0 fully saturated rings. The number of hydrogen-bond donors (Lipinski definition) is 0. The third kappa shape index (κ3) is 6.56. The molecule has 1 aromatic rings. The summed E-state index contributed by atoms with van der Waals surface area (Å²) in [5, 5.41) is 0. The second-order valence-corrected chi connectivity index (χ2v) is 3.97. The Morgan fingerprint density at radius 3 is 1.44 bits per heavy atom. The molecule has 0 atom stereocenters. The quantitative estimate of drug-likeness (QED) is 0.526. The second-order valence-electron chi connectivity index (χ2n) is 3.97. The normalized spacial score (nSPS) is 8.50. The molecule has 0 aliphatic carbocycles. The summed E-state index contributed by atoms with van der Waals surface area (Å²) in [5.74, 6) is 0.644. The van der Waals surface area contributed by atoms with Gasteiger partial charge in [-0.05, 0) is 43.4 Å². The number of benzene rings is 1. The van der Waals surface area contributed by atoms with Crippen LogP contribution >= 0.6 is 0 Å². The SMILES string of the molecule is CC.Cc1cc(C)c(C(C)C)c(C)c1.[CH3-].[K+]. The maximum Gasteiger partial charge on any atom is 1.00 e. The van der Waals surface area contributed by atoms with E-state index < -0.39 is 0 Å². The second kappa shape index (κ2) is 11.0. The molecule has 0 unspecified atom stereocenters. The molecule has 0 saturated carbocycles. The van der Waals surface area contributed by atoms with E-state index in [1.54, 1.807) is 0 Å². The molecule has 16 heavy (non-hydrogen) atoms. The van der Waals surface area contributed by atoms with Gasteiger partial charge in [-0.3, -0.25) is 0 Å². The maximum absolute atomic E-state index is 2.27. The van der Waals surface area contributed by atoms with Crippen molar-refractivity contribution in [2.45, 2.75) is 54.4 Å². The molecule has 0 N–H and O–H groups in total. The third-order valence-electron chi connectivity index (χ3n) is 2.32. The first kappa shape index (κ1) is 22.1. The van der Waals surface area contributed by atoms with E-state index in [-0.39, 0.29) is 58.8 Å². The summed E-state index contributed by atoms with van der Waals surface area (Å²) >= 11 is 0. The molecule has 0 radical (unpaired) electrons. The Morgan fingerprint density at radius 1 is 0.875 bits per heavy atom. The van der Waals surface area contributed by atoms with Crippen LogP contribution in [0.25, 0.3) is 0 Å². The summed E-state index contributed by atoms with van der Waals surface area (Å²) in [6.07, 6.45) is 0. The van der Waals surface area contributed by atoms with Crippen LogP contribution in [0, 0.1) is 28.2 Å². The first-order chi connectivity index (χ1) is 6.52. The zero-order valence-corrected chi connectivity index (χ0v) is 15.9. The molecule has 0 nitrogen and oxygen atoms in total. The summed E-state index contributed by atoms with van der Waals surface area (Å²) in [7, 11) is 0. The van der Waals surface area contributed by atoms with Crippen LogP contribution in [0.2, 0.25) is 0 Å². The average molecular weight is 246 g/mol. The molecule has 1 rings (SSSR count). The number of aryl methyl sites for hydroxylation is 3. The Morgan fingerprint density at radius 2 is 1.19 bits per heavy atom. The first-order valence-electron chi connectivity index (χ1n) is 5.60. The van der Waals surface area contributed by atoms with E-state index in [1.807, 2.05) is 13.8 Å². The van der Waals surface area contributed by atoms with E-state index in [1.165, 1.54) is 22.3 Å². The van der Waals surface area contributed by atoms with Gasteiger partial charge in [0.15, 0.2) is 0 Å². The van der Waals surface area contributed by atoms with Crippen LogP contribution in [-0.4, -0.2) is 0 Å². The number of hydrogen-bond acceptors (Lipinski definition) is 0. The van der Waals surface area contributed by atoms with Gasteiger partial charge in [-0.2, -0.15) is 0 Å². The van der Waals surface area contributed by atoms with Gasteiger partial charge in [0.05, 0.1) is 0 Å². The Hall–Kier alpha value is 0.856. The minimum Gasteiger partial charge on any atom is -0.358 e. The van der Waals surface area contributed by atoms with E-state index in [0.29, 0.717) is 5.92 Å². The van der Waals surface area contributed by atoms with Crippen molar-refractivity contribution in [2.24, 2.45) is 0 Å². The van der Waals surface area contributed by atoms with Gasteiger partial charge in [0.25, 0.3) is 0 Å². The molecular weight excluding hydrogens is 219 g/mol. The van der Waals surface area contributed by atoms with Gasteiger partial charge in [0.1, 0.15) is 0 Å². The molecule has 0 amide bonds. The van der Waals surface area contributed by atoms with E-state index in [9.17, 15) is 0 Å². The molecule has 1 aromatic carbocycles. The van der Waals surface area contributed by atoms with Crippen LogP contribution in [0.1, 0.15) is 55.9 Å². The first-order valence-corrected chi connectivity index (χ1v) is 5.60. The monoisotopic (exact) mass is 246 g/mol. The van der Waals surface area contributed by atoms with Crippen molar-refractivity contribution in [1.82, 2.24) is 0 Å². The van der Waals surface area contributed by atoms with Crippen LogP contribution in [-0.2, 0) is 0 Å². The van der Waals surface area contributed by atoms with E-state index in [2.05, 4.69) is 46.8 Å². The Bertz CT molecular complexity index is 264. The van der Waals surface area contributed by atoms with Crippen LogP contribution in [0.15, 0.2) is 12.1 Å². The van der Waals surface area contributed by atoms with Gasteiger partial charge >= 0.3 is 51.4 Å². The Kier molecular flexibility index (Phi) is 15.1. The minimum atomic E-state index is 0. The van der Waals surface area contributed by atoms with Crippen LogP contribution in [0.4, 0.5) is 0 Å². The van der Waals surface area contributed by atoms with Crippen molar-refractivity contribution in [1.29, 1.82) is 0 Å². The molecule has 0 aliphatic heterocycles. The van der Waals surface area contributed by atoms with Crippen LogP contribution < -0.4 is 51.4 Å². The van der Waals surface area contributed by atoms with Crippen LogP contribution in [0.3, 0.4) is 0 Å². The predicted molar refractivity (Wildman–Crippen MR) is 72.5 cm³/mol. The molecule has 1 heteroatoms. The van der Waals surface area contributed by atoms with Crippen molar-refractivity contribution < 1.29 is 51.4 Å². The van der Waals surface area contributed by atoms with E-state index in [4.69, 9.17) is 0 Å². The van der Waals surface area contributed by atoms with Crippen molar-refractivity contribution in [3.63, 3.8) is 0 Å². The van der Waals surface area contributed by atoms with Crippen molar-refractivity contribution in [2.75, 3.05) is 0 Å². The number of rotatable bonds is 1. The molecule has 0 aliphatic rings. The van der Waals surface area contributed by atoms with Crippen LogP contribution in [0.5, 0.6) is 0 Å². The summed E-state index contributed by atoms with van der Waals surface area (Å²) < 4.78 is 0. The fourth-order valence-electron chi connectivity index (χ4n) is 2.10. The van der Waals surface area contributed by atoms with Gasteiger partial charge in [-0.15, -0.1) is 0 Å². The Balaban J connectivity index is -0.000000399. The van der Waals surface area contributed by atoms with Gasteiger partial charge in [-0.25, -0.2) is 0 Å². The molecule has 0 saturated heterocycles. The zero-order chi connectivity index (χ0) is 11.3. The summed E-state index contributed by atoms with van der Waals surface area (Å²) in [6.45, 7) is 15.1. The minimum absolute atomic E-state index is 0.